The first-order chi connectivity index (χ1) is 19.4. The van der Waals surface area contributed by atoms with Gasteiger partial charge in [0.15, 0.2) is 5.65 Å². The van der Waals surface area contributed by atoms with Crippen LogP contribution in [0.4, 0.5) is 14.6 Å². The molecule has 1 saturated heterocycles. The average molecular weight is 579 g/mol. The molecule has 1 atom stereocenters. The van der Waals surface area contributed by atoms with Crippen molar-refractivity contribution in [1.29, 1.82) is 0 Å². The second-order valence-electron chi connectivity index (χ2n) is 10.4. The maximum atomic E-state index is 15.7. The number of hydrogen-bond donors (Lipinski definition) is 0. The number of piperazine rings is 1. The number of fused-ring (bicyclic) bond motifs is 1. The zero-order valence-corrected chi connectivity index (χ0v) is 24.0. The molecule has 0 saturated carbocycles. The van der Waals surface area contributed by atoms with Gasteiger partial charge < -0.3 is 14.4 Å². The van der Waals surface area contributed by atoms with Crippen LogP contribution in [0.15, 0.2) is 60.0 Å². The van der Waals surface area contributed by atoms with Crippen LogP contribution >= 0.6 is 7.14 Å². The number of anilines is 1. The van der Waals surface area contributed by atoms with Gasteiger partial charge in [-0.1, -0.05) is 18.7 Å². The molecule has 212 valence electrons. The van der Waals surface area contributed by atoms with Crippen molar-refractivity contribution in [3.05, 3.63) is 83.1 Å². The van der Waals surface area contributed by atoms with Gasteiger partial charge in [-0.25, -0.2) is 23.1 Å². The quantitative estimate of drug-likeness (QED) is 0.262. The molecule has 1 aliphatic heterocycles. The Labute approximate surface area is 235 Å². The zero-order chi connectivity index (χ0) is 29.6. The van der Waals surface area contributed by atoms with Gasteiger partial charge in [0.1, 0.15) is 30.3 Å². The molecule has 4 aromatic rings. The summed E-state index contributed by atoms with van der Waals surface area (Å²) in [6.07, 6.45) is 2.75. The molecule has 0 unspecified atom stereocenters. The van der Waals surface area contributed by atoms with E-state index in [0.29, 0.717) is 30.6 Å². The number of pyridine rings is 2. The number of rotatable bonds is 5. The summed E-state index contributed by atoms with van der Waals surface area (Å²) in [6.45, 7) is 11.2. The van der Waals surface area contributed by atoms with Crippen LogP contribution in [0.2, 0.25) is 0 Å². The van der Waals surface area contributed by atoms with Crippen LogP contribution < -0.4 is 15.9 Å². The van der Waals surface area contributed by atoms with E-state index < -0.39 is 24.5 Å². The van der Waals surface area contributed by atoms with Gasteiger partial charge in [-0.05, 0) is 57.5 Å². The Bertz CT molecular complexity index is 1820. The van der Waals surface area contributed by atoms with Crippen molar-refractivity contribution in [2.45, 2.75) is 19.9 Å². The number of benzene rings is 1. The lowest BCUT2D eigenvalue weighted by molar-refractivity contribution is -0.126. The lowest BCUT2D eigenvalue weighted by Crippen LogP contribution is -2.54. The highest BCUT2D eigenvalue weighted by Crippen LogP contribution is 2.39. The first kappa shape index (κ1) is 28.3. The van der Waals surface area contributed by atoms with Crippen LogP contribution in [0.1, 0.15) is 12.6 Å². The van der Waals surface area contributed by atoms with Crippen molar-refractivity contribution in [2.75, 3.05) is 37.9 Å². The number of carbonyl (C=O) groups excluding carboxylic acids is 1. The molecule has 1 fully saturated rings. The third-order valence-electron chi connectivity index (χ3n) is 7.21. The van der Waals surface area contributed by atoms with Gasteiger partial charge in [-0.3, -0.25) is 9.78 Å². The minimum Gasteiger partial charge on any atom is -0.350 e. The number of hydrogen-bond acceptors (Lipinski definition) is 7. The van der Waals surface area contributed by atoms with Gasteiger partial charge in [0.05, 0.1) is 16.8 Å². The summed E-state index contributed by atoms with van der Waals surface area (Å²) in [7, 11) is -2.95. The number of aromatic nitrogens is 4. The number of nitrogens with zero attached hydrogens (tertiary/aromatic N) is 6. The SMILES string of the molecule is C=CC(=O)N1CCN(c2nc(=O)n(-c3c(P(C)(C)=O)ccnc3C)c3nc(-c4ccccc4F)c(F)cc23)[C@@H](C)C1. The van der Waals surface area contributed by atoms with Crippen molar-refractivity contribution >= 4 is 35.2 Å². The largest absolute Gasteiger partial charge is 0.355 e. The van der Waals surface area contributed by atoms with Crippen molar-refractivity contribution < 1.29 is 18.1 Å². The molecule has 4 heterocycles. The summed E-state index contributed by atoms with van der Waals surface area (Å²) in [6, 6.07) is 8.14. The molecule has 41 heavy (non-hydrogen) atoms. The van der Waals surface area contributed by atoms with Crippen molar-refractivity contribution in [1.82, 2.24) is 24.4 Å². The van der Waals surface area contributed by atoms with Crippen molar-refractivity contribution in [3.63, 3.8) is 0 Å². The summed E-state index contributed by atoms with van der Waals surface area (Å²) >= 11 is 0. The molecular weight excluding hydrogens is 549 g/mol. The van der Waals surface area contributed by atoms with Gasteiger partial charge >= 0.3 is 5.69 Å². The van der Waals surface area contributed by atoms with Crippen LogP contribution in [0.25, 0.3) is 28.0 Å². The summed E-state index contributed by atoms with van der Waals surface area (Å²) in [5.41, 5.74) is -0.449. The Balaban J connectivity index is 1.84. The Morgan fingerprint density at radius 3 is 2.51 bits per heavy atom. The van der Waals surface area contributed by atoms with Gasteiger partial charge in [0.2, 0.25) is 5.91 Å². The Kier molecular flexibility index (Phi) is 7.33. The normalized spacial score (nSPS) is 15.8. The highest BCUT2D eigenvalue weighted by Gasteiger charge is 2.31. The molecule has 0 N–H and O–H groups in total. The van der Waals surface area contributed by atoms with E-state index in [0.717, 1.165) is 0 Å². The zero-order valence-electron chi connectivity index (χ0n) is 23.1. The average Bonchev–Trinajstić information content (AvgIpc) is 2.92. The monoisotopic (exact) mass is 578 g/mol. The summed E-state index contributed by atoms with van der Waals surface area (Å²) in [5, 5.41) is 0.584. The maximum Gasteiger partial charge on any atom is 0.355 e. The van der Waals surface area contributed by atoms with E-state index in [9.17, 15) is 18.5 Å². The molecule has 1 aromatic carbocycles. The molecule has 0 radical (unpaired) electrons. The Morgan fingerprint density at radius 2 is 1.85 bits per heavy atom. The molecule has 1 aliphatic rings. The van der Waals surface area contributed by atoms with Crippen LogP contribution in [0.3, 0.4) is 0 Å². The molecule has 12 heteroatoms. The molecule has 0 bridgehead atoms. The summed E-state index contributed by atoms with van der Waals surface area (Å²) in [4.78, 5) is 42.8. The predicted molar refractivity (Wildman–Crippen MR) is 156 cm³/mol. The van der Waals surface area contributed by atoms with Crippen LogP contribution in [0, 0.1) is 18.6 Å². The third kappa shape index (κ3) is 5.06. The highest BCUT2D eigenvalue weighted by molar-refractivity contribution is 7.70. The highest BCUT2D eigenvalue weighted by atomic mass is 31.2. The van der Waals surface area contributed by atoms with Crippen molar-refractivity contribution in [3.8, 4) is 16.9 Å². The van der Waals surface area contributed by atoms with E-state index in [1.165, 1.54) is 41.1 Å². The topological polar surface area (TPSA) is 101 Å². The number of halogens is 2. The summed E-state index contributed by atoms with van der Waals surface area (Å²) in [5.74, 6) is -1.51. The Morgan fingerprint density at radius 1 is 1.12 bits per heavy atom. The fourth-order valence-corrected chi connectivity index (χ4v) is 6.42. The Hall–Kier alpha value is -4.24. The van der Waals surface area contributed by atoms with E-state index >= 15 is 4.39 Å². The second-order valence-corrected chi connectivity index (χ2v) is 13.6. The van der Waals surface area contributed by atoms with Gasteiger partial charge in [-0.15, -0.1) is 0 Å². The van der Waals surface area contributed by atoms with E-state index in [-0.39, 0.29) is 45.7 Å². The molecule has 0 aliphatic carbocycles. The van der Waals surface area contributed by atoms with Crippen molar-refractivity contribution in [2.24, 2.45) is 0 Å². The molecule has 9 nitrogen and oxygen atoms in total. The standard InChI is InChI=1S/C29H29F2N6O3P/c1-6-24(38)35-13-14-36(17(2)16-35)27-20-15-22(31)25(19-9-7-8-10-21(19)30)33-28(20)37(29(39)34-27)26-18(3)32-12-11-23(26)41(4,5)40/h6-12,15,17H,1,13-14,16H2,2-5H3/t17-/m0/s1. The molecule has 3 aromatic heterocycles. The van der Waals surface area contributed by atoms with E-state index in [2.05, 4.69) is 21.5 Å². The van der Waals surface area contributed by atoms with E-state index in [4.69, 9.17) is 0 Å². The van der Waals surface area contributed by atoms with Gasteiger partial charge in [-0.2, -0.15) is 4.98 Å². The van der Waals surface area contributed by atoms with Gasteiger partial charge in [0, 0.05) is 42.7 Å². The minimum absolute atomic E-state index is 0.0160. The molecule has 5 rings (SSSR count). The number of carbonyl (C=O) groups is 1. The van der Waals surface area contributed by atoms with Gasteiger partial charge in [0.25, 0.3) is 0 Å². The smallest absolute Gasteiger partial charge is 0.350 e. The molecular formula is C29H29F2N6O3P. The lowest BCUT2D eigenvalue weighted by atomic mass is 10.1. The van der Waals surface area contributed by atoms with E-state index in [1.807, 2.05) is 11.8 Å². The molecule has 0 spiro atoms. The first-order valence-electron chi connectivity index (χ1n) is 13.0. The van der Waals surface area contributed by atoms with Crippen LogP contribution in [-0.2, 0) is 9.36 Å². The fourth-order valence-electron chi connectivity index (χ4n) is 5.23. The van der Waals surface area contributed by atoms with E-state index in [1.54, 1.807) is 37.3 Å². The number of aryl methyl sites for hydroxylation is 1. The first-order valence-corrected chi connectivity index (χ1v) is 15.6. The van der Waals surface area contributed by atoms with Crippen LogP contribution in [0.5, 0.6) is 0 Å². The fraction of sp³-hybridized carbons (Fsp3) is 0.276. The van der Waals surface area contributed by atoms with Crippen LogP contribution in [-0.4, -0.2) is 69.3 Å². The third-order valence-corrected chi connectivity index (χ3v) is 8.73. The lowest BCUT2D eigenvalue weighted by Gasteiger charge is -2.40. The number of amides is 1. The second kappa shape index (κ2) is 10.6. The predicted octanol–water partition coefficient (Wildman–Crippen LogP) is 3.90. The maximum absolute atomic E-state index is 15.7. The minimum atomic E-state index is -2.95. The summed E-state index contributed by atoms with van der Waals surface area (Å²) < 4.78 is 45.1. The molecule has 1 amide bonds.